The molecule has 6 heteroatoms. The molecule has 0 radical (unpaired) electrons. The number of ether oxygens (including phenoxy) is 1. The average molecular weight is 348 g/mol. The van der Waals surface area contributed by atoms with Crippen LogP contribution in [0.2, 0.25) is 0 Å². The van der Waals surface area contributed by atoms with Gasteiger partial charge in [-0.15, -0.1) is 0 Å². The minimum atomic E-state index is -0.225. The summed E-state index contributed by atoms with van der Waals surface area (Å²) in [6.45, 7) is 1.93. The van der Waals surface area contributed by atoms with Gasteiger partial charge in [0.1, 0.15) is 5.75 Å². The van der Waals surface area contributed by atoms with Crippen LogP contribution in [0.1, 0.15) is 29.2 Å². The molecular formula is C20H20N4O2. The van der Waals surface area contributed by atoms with E-state index >= 15 is 0 Å². The maximum Gasteiger partial charge on any atom is 0.234 e. The van der Waals surface area contributed by atoms with Crippen LogP contribution in [0.3, 0.4) is 0 Å². The number of nitrogens with zero attached hydrogens (tertiary/aromatic N) is 2. The first-order valence-electron chi connectivity index (χ1n) is 8.62. The summed E-state index contributed by atoms with van der Waals surface area (Å²) in [5, 5.41) is 10.3. The van der Waals surface area contributed by atoms with Crippen LogP contribution in [-0.2, 0) is 11.2 Å². The molecule has 1 amide bonds. The highest BCUT2D eigenvalue weighted by Crippen LogP contribution is 2.35. The van der Waals surface area contributed by atoms with Crippen molar-refractivity contribution < 1.29 is 9.53 Å². The molecule has 6 nitrogen and oxygen atoms in total. The molecule has 0 saturated heterocycles. The zero-order chi connectivity index (χ0) is 18.1. The van der Waals surface area contributed by atoms with Crippen molar-refractivity contribution >= 4 is 11.7 Å². The molecule has 0 bridgehead atoms. The van der Waals surface area contributed by atoms with Crippen LogP contribution < -0.4 is 10.1 Å². The number of H-pyrrole nitrogens is 1. The number of para-hydroxylation sites is 1. The number of hydrogen-bond donors (Lipinski definition) is 2. The van der Waals surface area contributed by atoms with Crippen molar-refractivity contribution in [3.63, 3.8) is 0 Å². The number of aryl methyl sites for hydroxylation is 1. The Morgan fingerprint density at radius 3 is 2.96 bits per heavy atom. The van der Waals surface area contributed by atoms with Gasteiger partial charge in [0.2, 0.25) is 5.91 Å². The third kappa shape index (κ3) is 2.73. The zero-order valence-corrected chi connectivity index (χ0v) is 14.7. The Morgan fingerprint density at radius 1 is 1.27 bits per heavy atom. The van der Waals surface area contributed by atoms with Gasteiger partial charge in [0, 0.05) is 17.3 Å². The van der Waals surface area contributed by atoms with E-state index in [1.165, 1.54) is 0 Å². The van der Waals surface area contributed by atoms with Crippen molar-refractivity contribution in [1.82, 2.24) is 15.2 Å². The van der Waals surface area contributed by atoms with Crippen molar-refractivity contribution in [2.75, 3.05) is 12.4 Å². The Balaban J connectivity index is 1.59. The predicted molar refractivity (Wildman–Crippen MR) is 99.2 cm³/mol. The molecule has 132 valence electrons. The summed E-state index contributed by atoms with van der Waals surface area (Å²) in [4.78, 5) is 17.2. The number of aromatic nitrogens is 3. The molecule has 3 aromatic rings. The van der Waals surface area contributed by atoms with Crippen LogP contribution in [-0.4, -0.2) is 28.2 Å². The van der Waals surface area contributed by atoms with E-state index in [9.17, 15) is 4.79 Å². The number of anilines is 1. The van der Waals surface area contributed by atoms with Gasteiger partial charge in [-0.1, -0.05) is 18.2 Å². The normalized spacial score (nSPS) is 15.5. The minimum Gasteiger partial charge on any atom is -0.496 e. The number of aromatic amines is 1. The molecule has 2 aromatic heterocycles. The first-order valence-corrected chi connectivity index (χ1v) is 8.62. The molecule has 0 aliphatic heterocycles. The summed E-state index contributed by atoms with van der Waals surface area (Å²) in [5.41, 5.74) is 4.66. The molecule has 2 N–H and O–H groups in total. The van der Waals surface area contributed by atoms with Gasteiger partial charge in [-0.2, -0.15) is 5.10 Å². The van der Waals surface area contributed by atoms with Gasteiger partial charge in [-0.3, -0.25) is 14.9 Å². The first-order chi connectivity index (χ1) is 12.7. The smallest absolute Gasteiger partial charge is 0.234 e. The SMILES string of the molecule is COc1ccccc1-c1[nH]nc(NC(=O)C2CCc3cccnc32)c1C. The maximum atomic E-state index is 12.8. The molecule has 1 aliphatic rings. The number of fused-ring (bicyclic) bond motifs is 1. The first kappa shape index (κ1) is 16.3. The molecular weight excluding hydrogens is 328 g/mol. The number of pyridine rings is 1. The summed E-state index contributed by atoms with van der Waals surface area (Å²) in [6.07, 6.45) is 3.40. The maximum absolute atomic E-state index is 12.8. The number of rotatable bonds is 4. The number of nitrogens with one attached hydrogen (secondary N) is 2. The molecule has 26 heavy (non-hydrogen) atoms. The summed E-state index contributed by atoms with van der Waals surface area (Å²) in [7, 11) is 1.64. The quantitative estimate of drug-likeness (QED) is 0.757. The number of benzene rings is 1. The average Bonchev–Trinajstić information content (AvgIpc) is 3.26. The van der Waals surface area contributed by atoms with E-state index in [0.717, 1.165) is 46.7 Å². The number of carbonyl (C=O) groups is 1. The Morgan fingerprint density at radius 2 is 2.12 bits per heavy atom. The minimum absolute atomic E-state index is 0.0661. The molecule has 0 fully saturated rings. The van der Waals surface area contributed by atoms with Crippen molar-refractivity contribution in [3.8, 4) is 17.0 Å². The molecule has 2 heterocycles. The van der Waals surface area contributed by atoms with Gasteiger partial charge in [0.25, 0.3) is 0 Å². The second-order valence-electron chi connectivity index (χ2n) is 6.40. The standard InChI is InChI=1S/C20H20N4O2/c1-12-17(14-7-3-4-8-16(14)26-2)23-24-19(12)22-20(25)15-10-9-13-6-5-11-21-18(13)15/h3-8,11,15H,9-10H2,1-2H3,(H2,22,23,24,25). The van der Waals surface area contributed by atoms with Gasteiger partial charge in [-0.05, 0) is 43.5 Å². The second kappa shape index (κ2) is 6.63. The summed E-state index contributed by atoms with van der Waals surface area (Å²) < 4.78 is 5.42. The molecule has 1 unspecified atom stereocenters. The van der Waals surface area contributed by atoms with E-state index in [4.69, 9.17) is 4.74 Å². The van der Waals surface area contributed by atoms with Crippen molar-refractivity contribution in [2.24, 2.45) is 0 Å². The van der Waals surface area contributed by atoms with Crippen LogP contribution in [0.4, 0.5) is 5.82 Å². The molecule has 1 atom stereocenters. The van der Waals surface area contributed by atoms with Gasteiger partial charge >= 0.3 is 0 Å². The number of carbonyl (C=O) groups excluding carboxylic acids is 1. The highest BCUT2D eigenvalue weighted by molar-refractivity contribution is 5.96. The van der Waals surface area contributed by atoms with Crippen LogP contribution >= 0.6 is 0 Å². The van der Waals surface area contributed by atoms with Crippen LogP contribution in [0, 0.1) is 6.92 Å². The fourth-order valence-corrected chi connectivity index (χ4v) is 3.50. The molecule has 1 aromatic carbocycles. The molecule has 1 aliphatic carbocycles. The van der Waals surface area contributed by atoms with Crippen LogP contribution in [0.15, 0.2) is 42.6 Å². The Kier molecular flexibility index (Phi) is 4.16. The number of methoxy groups -OCH3 is 1. The second-order valence-corrected chi connectivity index (χ2v) is 6.40. The lowest BCUT2D eigenvalue weighted by Gasteiger charge is -2.11. The van der Waals surface area contributed by atoms with E-state index in [1.54, 1.807) is 13.3 Å². The highest BCUT2D eigenvalue weighted by Gasteiger charge is 2.30. The van der Waals surface area contributed by atoms with Crippen molar-refractivity contribution in [3.05, 3.63) is 59.4 Å². The van der Waals surface area contributed by atoms with Crippen LogP contribution in [0.25, 0.3) is 11.3 Å². The molecule has 4 rings (SSSR count). The monoisotopic (exact) mass is 348 g/mol. The Bertz CT molecular complexity index is 964. The van der Waals surface area contributed by atoms with E-state index < -0.39 is 0 Å². The largest absolute Gasteiger partial charge is 0.496 e. The molecule has 0 saturated carbocycles. The third-order valence-electron chi connectivity index (χ3n) is 4.90. The predicted octanol–water partition coefficient (Wildman–Crippen LogP) is 3.46. The van der Waals surface area contributed by atoms with Crippen molar-refractivity contribution in [1.29, 1.82) is 0 Å². The Labute approximate surface area is 151 Å². The van der Waals surface area contributed by atoms with Gasteiger partial charge < -0.3 is 10.1 Å². The lowest BCUT2D eigenvalue weighted by molar-refractivity contribution is -0.117. The Hall–Kier alpha value is -3.15. The van der Waals surface area contributed by atoms with E-state index in [-0.39, 0.29) is 11.8 Å². The topological polar surface area (TPSA) is 79.9 Å². The van der Waals surface area contributed by atoms with E-state index in [2.05, 4.69) is 20.5 Å². The number of hydrogen-bond acceptors (Lipinski definition) is 4. The van der Waals surface area contributed by atoms with Gasteiger partial charge in [0.05, 0.1) is 24.4 Å². The van der Waals surface area contributed by atoms with E-state index in [1.807, 2.05) is 43.3 Å². The summed E-state index contributed by atoms with van der Waals surface area (Å²) in [6, 6.07) is 11.7. The summed E-state index contributed by atoms with van der Waals surface area (Å²) in [5.74, 6) is 1.01. The highest BCUT2D eigenvalue weighted by atomic mass is 16.5. The fraction of sp³-hybridized carbons (Fsp3) is 0.250. The lowest BCUT2D eigenvalue weighted by atomic mass is 10.1. The third-order valence-corrected chi connectivity index (χ3v) is 4.90. The van der Waals surface area contributed by atoms with Crippen molar-refractivity contribution in [2.45, 2.75) is 25.7 Å². The fourth-order valence-electron chi connectivity index (χ4n) is 3.50. The summed E-state index contributed by atoms with van der Waals surface area (Å²) >= 11 is 0. The van der Waals surface area contributed by atoms with Gasteiger partial charge in [-0.25, -0.2) is 0 Å². The molecule has 0 spiro atoms. The van der Waals surface area contributed by atoms with Crippen LogP contribution in [0.5, 0.6) is 5.75 Å². The number of amides is 1. The van der Waals surface area contributed by atoms with Gasteiger partial charge in [0.15, 0.2) is 5.82 Å². The zero-order valence-electron chi connectivity index (χ0n) is 14.7. The lowest BCUT2D eigenvalue weighted by Crippen LogP contribution is -2.20. The van der Waals surface area contributed by atoms with E-state index in [0.29, 0.717) is 5.82 Å².